The summed E-state index contributed by atoms with van der Waals surface area (Å²) in [6.07, 6.45) is 8.61. The molecule has 5 heterocycles. The highest BCUT2D eigenvalue weighted by atomic mass is 32.2. The Bertz CT molecular complexity index is 1530. The highest BCUT2D eigenvalue weighted by Crippen LogP contribution is 2.44. The van der Waals surface area contributed by atoms with Gasteiger partial charge >= 0.3 is 0 Å². The average molecular weight is 464 g/mol. The van der Waals surface area contributed by atoms with Crippen molar-refractivity contribution in [2.75, 3.05) is 5.73 Å². The third-order valence-electron chi connectivity index (χ3n) is 6.07. The SMILES string of the molecule is Cn1cc2cc(-c3cc(-c4ccnn4C)c4c(N)c(S(=O)C5CCC5)sc4n3)cnc2n1. The van der Waals surface area contributed by atoms with E-state index in [-0.39, 0.29) is 5.25 Å². The molecule has 0 amide bonds. The number of aromatic nitrogens is 6. The molecule has 1 aliphatic rings. The Hall–Kier alpha value is -3.11. The predicted molar refractivity (Wildman–Crippen MR) is 128 cm³/mol. The molecule has 0 aromatic carbocycles. The number of pyridine rings is 2. The number of fused-ring (bicyclic) bond motifs is 2. The molecule has 162 valence electrons. The van der Waals surface area contributed by atoms with Gasteiger partial charge in [0.05, 0.1) is 27.9 Å². The van der Waals surface area contributed by atoms with Crippen LogP contribution in [0.3, 0.4) is 0 Å². The maximum absolute atomic E-state index is 13.2. The van der Waals surface area contributed by atoms with Gasteiger partial charge in [0.15, 0.2) is 5.65 Å². The van der Waals surface area contributed by atoms with Crippen molar-refractivity contribution in [1.29, 1.82) is 0 Å². The first-order valence-electron chi connectivity index (χ1n) is 10.4. The average Bonchev–Trinajstić information content (AvgIpc) is 3.41. The number of rotatable bonds is 4. The molecule has 1 atom stereocenters. The monoisotopic (exact) mass is 463 g/mol. The molecule has 0 saturated heterocycles. The summed E-state index contributed by atoms with van der Waals surface area (Å²) in [4.78, 5) is 10.2. The maximum atomic E-state index is 13.2. The Morgan fingerprint density at radius 2 is 2.09 bits per heavy atom. The fourth-order valence-corrected chi connectivity index (χ4v) is 7.36. The van der Waals surface area contributed by atoms with Gasteiger partial charge in [0.25, 0.3) is 0 Å². The van der Waals surface area contributed by atoms with Crippen molar-refractivity contribution < 1.29 is 4.21 Å². The van der Waals surface area contributed by atoms with Gasteiger partial charge in [-0.3, -0.25) is 13.6 Å². The Morgan fingerprint density at radius 1 is 1.25 bits per heavy atom. The number of nitrogens with two attached hydrogens (primary N) is 1. The largest absolute Gasteiger partial charge is 0.396 e. The van der Waals surface area contributed by atoms with Gasteiger partial charge in [-0.1, -0.05) is 6.42 Å². The van der Waals surface area contributed by atoms with E-state index >= 15 is 0 Å². The Morgan fingerprint density at radius 3 is 2.81 bits per heavy atom. The second-order valence-electron chi connectivity index (χ2n) is 8.17. The number of anilines is 1. The summed E-state index contributed by atoms with van der Waals surface area (Å²) >= 11 is 1.44. The van der Waals surface area contributed by atoms with Gasteiger partial charge < -0.3 is 5.73 Å². The fraction of sp³-hybridized carbons (Fsp3) is 0.273. The Kier molecular flexibility index (Phi) is 4.41. The molecule has 6 rings (SSSR count). The van der Waals surface area contributed by atoms with Crippen LogP contribution in [0.1, 0.15) is 19.3 Å². The molecular weight excluding hydrogens is 442 g/mol. The number of hydrogen-bond donors (Lipinski definition) is 1. The summed E-state index contributed by atoms with van der Waals surface area (Å²) in [6.45, 7) is 0. The van der Waals surface area contributed by atoms with Crippen molar-refractivity contribution >= 4 is 49.1 Å². The van der Waals surface area contributed by atoms with Gasteiger partial charge in [0.2, 0.25) is 0 Å². The van der Waals surface area contributed by atoms with Gasteiger partial charge in [0, 0.05) is 59.8 Å². The van der Waals surface area contributed by atoms with Crippen LogP contribution in [0.4, 0.5) is 5.69 Å². The van der Waals surface area contributed by atoms with Crippen LogP contribution in [0.2, 0.25) is 0 Å². The summed E-state index contributed by atoms with van der Waals surface area (Å²) in [5.74, 6) is 0. The van der Waals surface area contributed by atoms with Crippen molar-refractivity contribution in [2.45, 2.75) is 28.7 Å². The predicted octanol–water partition coefficient (Wildman–Crippen LogP) is 3.89. The second kappa shape index (κ2) is 7.21. The van der Waals surface area contributed by atoms with E-state index in [1.807, 2.05) is 43.2 Å². The standard InChI is InChI=1S/C22H21N7OS2/c1-28-11-13-8-12(10-24-20(13)27-28)16-9-15(17-6-7-25-29(17)2)18-19(23)22(31-21(18)26-16)32(30)14-4-3-5-14/h6-11,14H,3-5,23H2,1-2H3. The van der Waals surface area contributed by atoms with E-state index < -0.39 is 10.8 Å². The molecule has 1 fully saturated rings. The van der Waals surface area contributed by atoms with Gasteiger partial charge in [-0.05, 0) is 31.0 Å². The molecular formula is C22H21N7OS2. The van der Waals surface area contributed by atoms with Crippen molar-refractivity contribution in [3.05, 3.63) is 36.8 Å². The first-order valence-corrected chi connectivity index (χ1v) is 12.4. The Labute approximate surface area is 190 Å². The van der Waals surface area contributed by atoms with Crippen molar-refractivity contribution in [3.8, 4) is 22.5 Å². The summed E-state index contributed by atoms with van der Waals surface area (Å²) < 4.78 is 17.5. The van der Waals surface area contributed by atoms with E-state index in [0.29, 0.717) is 11.3 Å². The van der Waals surface area contributed by atoms with E-state index in [1.165, 1.54) is 11.3 Å². The lowest BCUT2D eigenvalue weighted by atomic mass is 10.0. The molecule has 5 aromatic rings. The zero-order valence-corrected chi connectivity index (χ0v) is 19.3. The highest BCUT2D eigenvalue weighted by molar-refractivity contribution is 7.88. The van der Waals surface area contributed by atoms with E-state index in [1.54, 1.807) is 17.1 Å². The van der Waals surface area contributed by atoms with Crippen LogP contribution in [0.5, 0.6) is 0 Å². The zero-order chi connectivity index (χ0) is 22.0. The molecule has 8 nitrogen and oxygen atoms in total. The first kappa shape index (κ1) is 19.6. The topological polar surface area (TPSA) is 105 Å². The van der Waals surface area contributed by atoms with E-state index in [0.717, 1.165) is 61.6 Å². The third-order valence-corrected chi connectivity index (χ3v) is 9.37. The van der Waals surface area contributed by atoms with Crippen molar-refractivity contribution in [3.63, 3.8) is 0 Å². The fourth-order valence-electron chi connectivity index (χ4n) is 4.15. The van der Waals surface area contributed by atoms with Gasteiger partial charge in [0.1, 0.15) is 9.04 Å². The van der Waals surface area contributed by atoms with Crippen LogP contribution < -0.4 is 5.73 Å². The molecule has 1 unspecified atom stereocenters. The molecule has 2 N–H and O–H groups in total. The molecule has 32 heavy (non-hydrogen) atoms. The quantitative estimate of drug-likeness (QED) is 0.434. The number of aryl methyl sites for hydroxylation is 2. The van der Waals surface area contributed by atoms with Crippen LogP contribution in [0.25, 0.3) is 43.8 Å². The smallest absolute Gasteiger partial charge is 0.181 e. The van der Waals surface area contributed by atoms with E-state index in [2.05, 4.69) is 15.2 Å². The minimum absolute atomic E-state index is 0.196. The molecule has 0 aliphatic heterocycles. The summed E-state index contributed by atoms with van der Waals surface area (Å²) in [5, 5.41) is 10.7. The van der Waals surface area contributed by atoms with Crippen LogP contribution in [0, 0.1) is 0 Å². The van der Waals surface area contributed by atoms with Gasteiger partial charge in [-0.15, -0.1) is 11.3 Å². The normalized spacial score (nSPS) is 15.4. The lowest BCUT2D eigenvalue weighted by Gasteiger charge is -2.23. The minimum atomic E-state index is -1.11. The molecule has 10 heteroatoms. The lowest BCUT2D eigenvalue weighted by molar-refractivity contribution is 0.505. The Balaban J connectivity index is 1.59. The third kappa shape index (κ3) is 2.97. The minimum Gasteiger partial charge on any atom is -0.396 e. The van der Waals surface area contributed by atoms with Crippen LogP contribution in [-0.2, 0) is 24.9 Å². The van der Waals surface area contributed by atoms with Crippen LogP contribution in [-0.4, -0.2) is 39.0 Å². The number of hydrogen-bond acceptors (Lipinski definition) is 7. The first-order chi connectivity index (χ1) is 15.5. The van der Waals surface area contributed by atoms with Crippen LogP contribution >= 0.6 is 11.3 Å². The zero-order valence-electron chi connectivity index (χ0n) is 17.6. The second-order valence-corrected chi connectivity index (χ2v) is 11.1. The van der Waals surface area contributed by atoms with Crippen molar-refractivity contribution in [2.24, 2.45) is 14.1 Å². The van der Waals surface area contributed by atoms with Crippen LogP contribution in [0.15, 0.2) is 41.0 Å². The number of thiophene rings is 1. The van der Waals surface area contributed by atoms with Crippen molar-refractivity contribution in [1.82, 2.24) is 29.5 Å². The summed E-state index contributed by atoms with van der Waals surface area (Å²) in [5.41, 5.74) is 11.4. The molecule has 5 aromatic heterocycles. The molecule has 1 saturated carbocycles. The molecule has 0 radical (unpaired) electrons. The van der Waals surface area contributed by atoms with E-state index in [4.69, 9.17) is 10.7 Å². The molecule has 1 aliphatic carbocycles. The van der Waals surface area contributed by atoms with E-state index in [9.17, 15) is 4.21 Å². The maximum Gasteiger partial charge on any atom is 0.181 e. The highest BCUT2D eigenvalue weighted by Gasteiger charge is 2.30. The number of nitrogen functional groups attached to an aromatic ring is 1. The van der Waals surface area contributed by atoms with Gasteiger partial charge in [-0.25, -0.2) is 9.97 Å². The molecule has 0 bridgehead atoms. The van der Waals surface area contributed by atoms with Gasteiger partial charge in [-0.2, -0.15) is 10.2 Å². The summed E-state index contributed by atoms with van der Waals surface area (Å²) in [7, 11) is 2.68. The lowest BCUT2D eigenvalue weighted by Crippen LogP contribution is -2.23. The molecule has 0 spiro atoms. The summed E-state index contributed by atoms with van der Waals surface area (Å²) in [6, 6.07) is 6.03. The number of nitrogens with zero attached hydrogens (tertiary/aromatic N) is 6.